The van der Waals surface area contributed by atoms with Gasteiger partial charge in [-0.25, -0.2) is 0 Å². The topological polar surface area (TPSA) is 62.1 Å². The van der Waals surface area contributed by atoms with Crippen LogP contribution in [0.15, 0.2) is 59.7 Å². The van der Waals surface area contributed by atoms with Crippen molar-refractivity contribution < 1.29 is 14.6 Å². The number of anilines is 1. The standard InChI is InChI=1S/C19H16N2O3/c1-14-19(23,13-12-15-8-6-7-11-17(15)24-2)18(22)21(20-14)16-9-4-3-5-10-16/h3-11,23H,1-2H3/t19-/m1/s1. The number of rotatable bonds is 2. The molecule has 1 aliphatic heterocycles. The number of amides is 1. The molecule has 2 aromatic carbocycles. The highest BCUT2D eigenvalue weighted by Gasteiger charge is 2.47. The van der Waals surface area contributed by atoms with Gasteiger partial charge in [0.1, 0.15) is 5.75 Å². The van der Waals surface area contributed by atoms with Gasteiger partial charge in [-0.1, -0.05) is 36.3 Å². The fourth-order valence-electron chi connectivity index (χ4n) is 2.37. The van der Waals surface area contributed by atoms with E-state index in [1.54, 1.807) is 50.4 Å². The van der Waals surface area contributed by atoms with Crippen LogP contribution in [0.3, 0.4) is 0 Å². The van der Waals surface area contributed by atoms with Gasteiger partial charge < -0.3 is 9.84 Å². The van der Waals surface area contributed by atoms with E-state index in [2.05, 4.69) is 16.9 Å². The molecule has 0 spiro atoms. The summed E-state index contributed by atoms with van der Waals surface area (Å²) >= 11 is 0. The Balaban J connectivity index is 1.96. The highest BCUT2D eigenvalue weighted by Crippen LogP contribution is 2.26. The van der Waals surface area contributed by atoms with Gasteiger partial charge in [-0.15, -0.1) is 0 Å². The lowest BCUT2D eigenvalue weighted by Gasteiger charge is -2.16. The molecule has 1 aliphatic rings. The lowest BCUT2D eigenvalue weighted by molar-refractivity contribution is -0.126. The molecule has 1 N–H and O–H groups in total. The van der Waals surface area contributed by atoms with Crippen LogP contribution in [0, 0.1) is 11.8 Å². The van der Waals surface area contributed by atoms with Gasteiger partial charge in [-0.3, -0.25) is 4.79 Å². The number of hydrazone groups is 1. The van der Waals surface area contributed by atoms with Crippen molar-refractivity contribution in [2.45, 2.75) is 12.5 Å². The molecule has 0 fully saturated rings. The lowest BCUT2D eigenvalue weighted by Crippen LogP contribution is -2.44. The molecule has 0 saturated heterocycles. The molecule has 5 nitrogen and oxygen atoms in total. The van der Waals surface area contributed by atoms with Crippen molar-refractivity contribution in [3.05, 3.63) is 60.2 Å². The minimum atomic E-state index is -1.95. The van der Waals surface area contributed by atoms with Crippen LogP contribution in [0.25, 0.3) is 0 Å². The van der Waals surface area contributed by atoms with Crippen molar-refractivity contribution in [1.29, 1.82) is 0 Å². The summed E-state index contributed by atoms with van der Waals surface area (Å²) in [5.74, 6) is 5.47. The van der Waals surface area contributed by atoms with E-state index in [9.17, 15) is 9.90 Å². The molecule has 2 aromatic rings. The van der Waals surface area contributed by atoms with E-state index in [4.69, 9.17) is 4.74 Å². The number of nitrogens with zero attached hydrogens (tertiary/aromatic N) is 2. The summed E-state index contributed by atoms with van der Waals surface area (Å²) in [4.78, 5) is 12.6. The van der Waals surface area contributed by atoms with Crippen molar-refractivity contribution in [2.75, 3.05) is 12.1 Å². The smallest absolute Gasteiger partial charge is 0.298 e. The third-order valence-corrected chi connectivity index (χ3v) is 3.76. The predicted octanol–water partition coefficient (Wildman–Crippen LogP) is 2.20. The Bertz CT molecular complexity index is 865. The maximum absolute atomic E-state index is 12.6. The minimum absolute atomic E-state index is 0.235. The van der Waals surface area contributed by atoms with E-state index >= 15 is 0 Å². The van der Waals surface area contributed by atoms with E-state index in [0.29, 0.717) is 17.0 Å². The molecule has 0 unspecified atom stereocenters. The molecule has 5 heteroatoms. The number of hydrogen-bond acceptors (Lipinski definition) is 4. The normalized spacial score (nSPS) is 19.5. The van der Waals surface area contributed by atoms with Gasteiger partial charge in [0.25, 0.3) is 5.91 Å². The van der Waals surface area contributed by atoms with E-state index in [1.165, 1.54) is 5.01 Å². The number of carbonyl (C=O) groups excluding carboxylic acids is 1. The molecular weight excluding hydrogens is 304 g/mol. The fourth-order valence-corrected chi connectivity index (χ4v) is 2.37. The molecule has 120 valence electrons. The third-order valence-electron chi connectivity index (χ3n) is 3.76. The van der Waals surface area contributed by atoms with Crippen molar-refractivity contribution in [1.82, 2.24) is 0 Å². The number of aliphatic hydroxyl groups is 1. The Hall–Kier alpha value is -3.10. The number of carbonyl (C=O) groups is 1. The first-order chi connectivity index (χ1) is 11.6. The average Bonchev–Trinajstić information content (AvgIpc) is 2.85. The van der Waals surface area contributed by atoms with E-state index in [-0.39, 0.29) is 5.71 Å². The summed E-state index contributed by atoms with van der Waals surface area (Å²) < 4.78 is 5.23. The maximum Gasteiger partial charge on any atom is 0.298 e. The van der Waals surface area contributed by atoms with Crippen LogP contribution in [0.4, 0.5) is 5.69 Å². The molecule has 1 heterocycles. The van der Waals surface area contributed by atoms with Crippen LogP contribution < -0.4 is 9.75 Å². The third kappa shape index (κ3) is 2.64. The summed E-state index contributed by atoms with van der Waals surface area (Å²) in [7, 11) is 1.54. The first-order valence-electron chi connectivity index (χ1n) is 7.40. The van der Waals surface area contributed by atoms with E-state index < -0.39 is 11.5 Å². The molecular formula is C19H16N2O3. The van der Waals surface area contributed by atoms with E-state index in [1.807, 2.05) is 18.2 Å². The van der Waals surface area contributed by atoms with Gasteiger partial charge in [0, 0.05) is 0 Å². The van der Waals surface area contributed by atoms with Crippen LogP contribution in [0.5, 0.6) is 5.75 Å². The van der Waals surface area contributed by atoms with Gasteiger partial charge in [-0.2, -0.15) is 10.1 Å². The average molecular weight is 320 g/mol. The number of para-hydroxylation sites is 2. The summed E-state index contributed by atoms with van der Waals surface area (Å²) in [6.07, 6.45) is 0. The zero-order valence-electron chi connectivity index (χ0n) is 13.4. The second kappa shape index (κ2) is 6.19. The van der Waals surface area contributed by atoms with Gasteiger partial charge in [0.05, 0.1) is 24.1 Å². The second-order valence-corrected chi connectivity index (χ2v) is 5.30. The maximum atomic E-state index is 12.6. The number of hydrogen-bond donors (Lipinski definition) is 1. The Morgan fingerprint density at radius 1 is 1.12 bits per heavy atom. The van der Waals surface area contributed by atoms with Crippen LogP contribution in [-0.2, 0) is 4.79 Å². The number of ether oxygens (including phenoxy) is 1. The van der Waals surface area contributed by atoms with Gasteiger partial charge in [-0.05, 0) is 37.1 Å². The predicted molar refractivity (Wildman–Crippen MR) is 91.9 cm³/mol. The molecule has 0 radical (unpaired) electrons. The Kier molecular flexibility index (Phi) is 4.07. The lowest BCUT2D eigenvalue weighted by atomic mass is 9.98. The Morgan fingerprint density at radius 3 is 2.50 bits per heavy atom. The van der Waals surface area contributed by atoms with Gasteiger partial charge >= 0.3 is 0 Å². The van der Waals surface area contributed by atoms with Crippen molar-refractivity contribution in [2.24, 2.45) is 5.10 Å². The first-order valence-corrected chi connectivity index (χ1v) is 7.40. The highest BCUT2D eigenvalue weighted by molar-refractivity contribution is 6.23. The SMILES string of the molecule is COc1ccccc1C#C[C@]1(O)C(=O)N(c2ccccc2)N=C1C. The van der Waals surface area contributed by atoms with Crippen LogP contribution in [0.1, 0.15) is 12.5 Å². The molecule has 24 heavy (non-hydrogen) atoms. The van der Waals surface area contributed by atoms with Crippen molar-refractivity contribution in [3.63, 3.8) is 0 Å². The fraction of sp³-hybridized carbons (Fsp3) is 0.158. The van der Waals surface area contributed by atoms with Crippen molar-refractivity contribution in [3.8, 4) is 17.6 Å². The molecule has 0 aliphatic carbocycles. The van der Waals surface area contributed by atoms with Crippen LogP contribution in [-0.4, -0.2) is 29.4 Å². The molecule has 0 aromatic heterocycles. The largest absolute Gasteiger partial charge is 0.495 e. The Labute approximate surface area is 140 Å². The van der Waals surface area contributed by atoms with E-state index in [0.717, 1.165) is 0 Å². The zero-order valence-corrected chi connectivity index (χ0v) is 13.4. The zero-order chi connectivity index (χ0) is 17.2. The van der Waals surface area contributed by atoms with Crippen LogP contribution >= 0.6 is 0 Å². The first kappa shape index (κ1) is 15.8. The van der Waals surface area contributed by atoms with Gasteiger partial charge in [0.15, 0.2) is 0 Å². The second-order valence-electron chi connectivity index (χ2n) is 5.30. The Morgan fingerprint density at radius 2 is 1.79 bits per heavy atom. The summed E-state index contributed by atoms with van der Waals surface area (Å²) in [6, 6.07) is 16.1. The quantitative estimate of drug-likeness (QED) is 0.863. The van der Waals surface area contributed by atoms with Crippen molar-refractivity contribution >= 4 is 17.3 Å². The molecule has 1 amide bonds. The summed E-state index contributed by atoms with van der Waals surface area (Å²) in [5.41, 5.74) is -0.542. The molecule has 0 saturated carbocycles. The number of methoxy groups -OCH3 is 1. The summed E-state index contributed by atoms with van der Waals surface area (Å²) in [6.45, 7) is 1.58. The van der Waals surface area contributed by atoms with Crippen LogP contribution in [0.2, 0.25) is 0 Å². The molecule has 3 rings (SSSR count). The number of benzene rings is 2. The highest BCUT2D eigenvalue weighted by atomic mass is 16.5. The molecule has 1 atom stereocenters. The summed E-state index contributed by atoms with van der Waals surface area (Å²) in [5, 5.41) is 16.1. The molecule has 0 bridgehead atoms. The minimum Gasteiger partial charge on any atom is -0.495 e. The monoisotopic (exact) mass is 320 g/mol. The van der Waals surface area contributed by atoms with Gasteiger partial charge in [0.2, 0.25) is 5.60 Å².